The van der Waals surface area contributed by atoms with Crippen LogP contribution in [0.3, 0.4) is 0 Å². The molecule has 132 valence electrons. The van der Waals surface area contributed by atoms with Crippen LogP contribution in [0.25, 0.3) is 0 Å². The van der Waals surface area contributed by atoms with Crippen LogP contribution in [0.1, 0.15) is 5.56 Å². The Morgan fingerprint density at radius 2 is 1.92 bits per heavy atom. The van der Waals surface area contributed by atoms with Crippen LogP contribution in [0.15, 0.2) is 48.8 Å². The maximum Gasteiger partial charge on any atom is 0.248 e. The number of rotatable bonds is 4. The summed E-state index contributed by atoms with van der Waals surface area (Å²) in [6.07, 6.45) is 1.64. The Morgan fingerprint density at radius 1 is 1.12 bits per heavy atom. The summed E-state index contributed by atoms with van der Waals surface area (Å²) in [6, 6.07) is 13.1. The molecule has 7 nitrogen and oxygen atoms in total. The molecule has 1 aliphatic rings. The van der Waals surface area contributed by atoms with Gasteiger partial charge in [0, 0.05) is 16.8 Å². The van der Waals surface area contributed by atoms with Crippen molar-refractivity contribution in [2.75, 3.05) is 17.4 Å². The molecule has 2 heterocycles. The van der Waals surface area contributed by atoms with E-state index < -0.39 is 0 Å². The van der Waals surface area contributed by atoms with Crippen molar-refractivity contribution >= 4 is 40.6 Å². The Balaban J connectivity index is 1.36. The number of thiocarbonyl (C=S) groups is 1. The monoisotopic (exact) mass is 387 g/mol. The highest BCUT2D eigenvalue weighted by atomic mass is 35.5. The second kappa shape index (κ2) is 7.19. The van der Waals surface area contributed by atoms with Gasteiger partial charge < -0.3 is 14.8 Å². The van der Waals surface area contributed by atoms with E-state index in [1.807, 2.05) is 42.5 Å². The number of hydrogen-bond donors (Lipinski definition) is 2. The van der Waals surface area contributed by atoms with Crippen LogP contribution in [0.5, 0.6) is 11.5 Å². The largest absolute Gasteiger partial charge is 0.454 e. The normalized spacial score (nSPS) is 12.0. The summed E-state index contributed by atoms with van der Waals surface area (Å²) in [7, 11) is 0. The van der Waals surface area contributed by atoms with E-state index >= 15 is 0 Å². The van der Waals surface area contributed by atoms with E-state index in [0.717, 1.165) is 17.0 Å². The molecular weight excluding hydrogens is 374 g/mol. The van der Waals surface area contributed by atoms with E-state index in [-0.39, 0.29) is 6.79 Å². The van der Waals surface area contributed by atoms with Crippen molar-refractivity contribution in [1.29, 1.82) is 0 Å². The molecule has 2 aromatic carbocycles. The summed E-state index contributed by atoms with van der Waals surface area (Å²) >= 11 is 11.2. The van der Waals surface area contributed by atoms with Gasteiger partial charge in [-0.05, 0) is 42.0 Å². The minimum atomic E-state index is 0.233. The van der Waals surface area contributed by atoms with Crippen LogP contribution in [0.2, 0.25) is 5.02 Å². The zero-order chi connectivity index (χ0) is 17.9. The third-order valence-electron chi connectivity index (χ3n) is 3.65. The third-order valence-corrected chi connectivity index (χ3v) is 4.11. The lowest BCUT2D eigenvalue weighted by molar-refractivity contribution is 0.174. The van der Waals surface area contributed by atoms with Gasteiger partial charge in [0.1, 0.15) is 6.33 Å². The molecule has 0 unspecified atom stereocenters. The van der Waals surface area contributed by atoms with Crippen molar-refractivity contribution < 1.29 is 9.47 Å². The summed E-state index contributed by atoms with van der Waals surface area (Å²) in [5.74, 6) is 1.82. The lowest BCUT2D eigenvalue weighted by Gasteiger charge is -2.08. The lowest BCUT2D eigenvalue weighted by atomic mass is 10.2. The van der Waals surface area contributed by atoms with E-state index in [0.29, 0.717) is 28.4 Å². The van der Waals surface area contributed by atoms with Gasteiger partial charge in [0.05, 0.1) is 6.54 Å². The predicted octanol–water partition coefficient (Wildman–Crippen LogP) is 3.52. The second-order valence-corrected chi connectivity index (χ2v) is 6.38. The molecule has 3 aromatic rings. The van der Waals surface area contributed by atoms with Gasteiger partial charge in [-0.25, -0.2) is 9.67 Å². The fourth-order valence-corrected chi connectivity index (χ4v) is 2.78. The first kappa shape index (κ1) is 16.6. The molecule has 1 aromatic heterocycles. The number of anilines is 2. The summed E-state index contributed by atoms with van der Waals surface area (Å²) in [5, 5.41) is 11.5. The first-order valence-corrected chi connectivity index (χ1v) is 8.56. The van der Waals surface area contributed by atoms with Crippen molar-refractivity contribution in [3.8, 4) is 11.5 Å². The first-order chi connectivity index (χ1) is 12.7. The van der Waals surface area contributed by atoms with Crippen LogP contribution in [-0.2, 0) is 6.54 Å². The topological polar surface area (TPSA) is 73.2 Å². The van der Waals surface area contributed by atoms with Crippen LogP contribution in [-0.4, -0.2) is 26.7 Å². The van der Waals surface area contributed by atoms with Crippen molar-refractivity contribution in [2.24, 2.45) is 0 Å². The van der Waals surface area contributed by atoms with Crippen LogP contribution in [0.4, 0.5) is 11.6 Å². The maximum atomic E-state index is 5.89. The minimum Gasteiger partial charge on any atom is -0.454 e. The molecule has 0 aliphatic carbocycles. The standard InChI is InChI=1S/C17H14ClN5O2S/c18-12-3-1-11(2-4-12)8-23-9-19-16(22-23)21-17(26)20-13-5-6-14-15(7-13)25-10-24-14/h1-7,9H,8,10H2,(H2,20,21,22,26). The second-order valence-electron chi connectivity index (χ2n) is 5.54. The molecule has 26 heavy (non-hydrogen) atoms. The molecule has 0 saturated heterocycles. The number of ether oxygens (including phenoxy) is 2. The summed E-state index contributed by atoms with van der Waals surface area (Å²) in [4.78, 5) is 4.21. The van der Waals surface area contributed by atoms with E-state index in [9.17, 15) is 0 Å². The zero-order valence-electron chi connectivity index (χ0n) is 13.5. The number of halogens is 1. The molecule has 9 heteroatoms. The number of nitrogens with zero attached hydrogens (tertiary/aromatic N) is 3. The maximum absolute atomic E-state index is 5.89. The van der Waals surface area contributed by atoms with E-state index in [1.165, 1.54) is 0 Å². The number of nitrogens with one attached hydrogen (secondary N) is 2. The third kappa shape index (κ3) is 3.87. The Morgan fingerprint density at radius 3 is 2.77 bits per heavy atom. The van der Waals surface area contributed by atoms with Crippen molar-refractivity contribution in [1.82, 2.24) is 14.8 Å². The van der Waals surface area contributed by atoms with Gasteiger partial charge in [0.25, 0.3) is 0 Å². The molecule has 0 amide bonds. The number of hydrogen-bond acceptors (Lipinski definition) is 5. The predicted molar refractivity (Wildman–Crippen MR) is 103 cm³/mol. The lowest BCUT2D eigenvalue weighted by Crippen LogP contribution is -2.20. The summed E-state index contributed by atoms with van der Waals surface area (Å²) in [5.41, 5.74) is 1.86. The Hall–Kier alpha value is -2.84. The molecule has 0 atom stereocenters. The molecule has 4 rings (SSSR count). The molecular formula is C17H14ClN5O2S. The molecule has 1 aliphatic heterocycles. The fourth-order valence-electron chi connectivity index (χ4n) is 2.44. The van der Waals surface area contributed by atoms with Crippen molar-refractivity contribution in [2.45, 2.75) is 6.54 Å². The fraction of sp³-hybridized carbons (Fsp3) is 0.118. The smallest absolute Gasteiger partial charge is 0.248 e. The highest BCUT2D eigenvalue weighted by Gasteiger charge is 2.13. The molecule has 0 bridgehead atoms. The van der Waals surface area contributed by atoms with E-state index in [2.05, 4.69) is 20.7 Å². The summed E-state index contributed by atoms with van der Waals surface area (Å²) < 4.78 is 12.3. The molecule has 0 radical (unpaired) electrons. The molecule has 0 spiro atoms. The number of fused-ring (bicyclic) bond motifs is 1. The Labute approximate surface area is 159 Å². The zero-order valence-corrected chi connectivity index (χ0v) is 15.0. The van der Waals surface area contributed by atoms with Gasteiger partial charge in [0.2, 0.25) is 12.7 Å². The molecule has 0 fully saturated rings. The van der Waals surface area contributed by atoms with Gasteiger partial charge in [-0.2, -0.15) is 0 Å². The average molecular weight is 388 g/mol. The molecule has 0 saturated carbocycles. The minimum absolute atomic E-state index is 0.233. The van der Waals surface area contributed by atoms with Crippen molar-refractivity contribution in [3.05, 3.63) is 59.4 Å². The quantitative estimate of drug-likeness (QED) is 0.663. The van der Waals surface area contributed by atoms with Crippen LogP contribution >= 0.6 is 23.8 Å². The van der Waals surface area contributed by atoms with Crippen LogP contribution < -0.4 is 20.1 Å². The summed E-state index contributed by atoms with van der Waals surface area (Å²) in [6.45, 7) is 0.824. The Bertz CT molecular complexity index is 945. The highest BCUT2D eigenvalue weighted by molar-refractivity contribution is 7.80. The molecule has 2 N–H and O–H groups in total. The van der Waals surface area contributed by atoms with Gasteiger partial charge >= 0.3 is 0 Å². The van der Waals surface area contributed by atoms with Gasteiger partial charge in [-0.15, -0.1) is 5.10 Å². The average Bonchev–Trinajstić information content (AvgIpc) is 3.25. The highest BCUT2D eigenvalue weighted by Crippen LogP contribution is 2.34. The van der Waals surface area contributed by atoms with Gasteiger partial charge in [-0.1, -0.05) is 23.7 Å². The number of aromatic nitrogens is 3. The first-order valence-electron chi connectivity index (χ1n) is 7.77. The SMILES string of the molecule is S=C(Nc1ccc2c(c1)OCO2)Nc1ncn(Cc2ccc(Cl)cc2)n1. The Kier molecular flexibility index (Phi) is 4.59. The van der Waals surface area contributed by atoms with Gasteiger partial charge in [-0.3, -0.25) is 5.32 Å². The van der Waals surface area contributed by atoms with Crippen LogP contribution in [0, 0.1) is 0 Å². The van der Waals surface area contributed by atoms with E-state index in [4.69, 9.17) is 33.3 Å². The van der Waals surface area contributed by atoms with Gasteiger partial charge in [0.15, 0.2) is 16.6 Å². The van der Waals surface area contributed by atoms with Crippen molar-refractivity contribution in [3.63, 3.8) is 0 Å². The van der Waals surface area contributed by atoms with E-state index in [1.54, 1.807) is 11.0 Å². The number of benzene rings is 2.